The monoisotopic (exact) mass is 276 g/mol. The lowest BCUT2D eigenvalue weighted by atomic mass is 9.97. The van der Waals surface area contributed by atoms with Crippen molar-refractivity contribution in [3.63, 3.8) is 0 Å². The minimum Gasteiger partial charge on any atom is -0.317 e. The van der Waals surface area contributed by atoms with Crippen LogP contribution in [0.1, 0.15) is 33.1 Å². The van der Waals surface area contributed by atoms with Crippen LogP contribution in [-0.2, 0) is 9.84 Å². The van der Waals surface area contributed by atoms with Crippen molar-refractivity contribution >= 4 is 9.84 Å². The fraction of sp³-hybridized carbons (Fsp3) is 1.00. The largest absolute Gasteiger partial charge is 0.317 e. The van der Waals surface area contributed by atoms with Crippen molar-refractivity contribution in [1.29, 1.82) is 0 Å². The van der Waals surface area contributed by atoms with Gasteiger partial charge in [0.2, 0.25) is 0 Å². The molecule has 1 N–H and O–H groups in total. The molecule has 1 saturated heterocycles. The average Bonchev–Trinajstić information content (AvgIpc) is 2.38. The Hall–Kier alpha value is -0.130. The summed E-state index contributed by atoms with van der Waals surface area (Å²) in [5.74, 6) is 1.32. The third-order valence-electron chi connectivity index (χ3n) is 3.67. The highest BCUT2D eigenvalue weighted by Gasteiger charge is 2.18. The molecule has 1 fully saturated rings. The lowest BCUT2D eigenvalue weighted by molar-refractivity contribution is 0.214. The minimum absolute atomic E-state index is 0.264. The number of nitrogens with zero attached hydrogens (tertiary/aromatic N) is 1. The van der Waals surface area contributed by atoms with Crippen LogP contribution >= 0.6 is 0 Å². The van der Waals surface area contributed by atoms with Gasteiger partial charge >= 0.3 is 0 Å². The van der Waals surface area contributed by atoms with E-state index in [1.807, 2.05) is 0 Å². The second kappa shape index (κ2) is 8.12. The SMILES string of the molecule is CCCN(CCS(=O)(=O)CC)CC1CCNCC1. The number of sulfone groups is 1. The van der Waals surface area contributed by atoms with E-state index in [2.05, 4.69) is 17.1 Å². The summed E-state index contributed by atoms with van der Waals surface area (Å²) in [6.07, 6.45) is 3.54. The molecule has 0 radical (unpaired) electrons. The molecule has 1 aliphatic heterocycles. The average molecular weight is 276 g/mol. The first-order chi connectivity index (χ1) is 8.57. The number of piperidine rings is 1. The van der Waals surface area contributed by atoms with Crippen LogP contribution in [0.25, 0.3) is 0 Å². The van der Waals surface area contributed by atoms with E-state index in [1.54, 1.807) is 6.92 Å². The molecular formula is C13H28N2O2S. The normalized spacial score (nSPS) is 18.4. The quantitative estimate of drug-likeness (QED) is 0.722. The van der Waals surface area contributed by atoms with Crippen LogP contribution in [0.15, 0.2) is 0 Å². The van der Waals surface area contributed by atoms with Gasteiger partial charge in [-0.2, -0.15) is 0 Å². The summed E-state index contributed by atoms with van der Waals surface area (Å²) in [4.78, 5) is 2.34. The molecule has 1 aliphatic rings. The molecule has 5 heteroatoms. The summed E-state index contributed by atoms with van der Waals surface area (Å²) in [6.45, 7) is 8.89. The highest BCUT2D eigenvalue weighted by Crippen LogP contribution is 2.13. The van der Waals surface area contributed by atoms with Crippen molar-refractivity contribution in [2.24, 2.45) is 5.92 Å². The van der Waals surface area contributed by atoms with E-state index >= 15 is 0 Å². The first-order valence-corrected chi connectivity index (χ1v) is 9.03. The van der Waals surface area contributed by atoms with Gasteiger partial charge in [-0.25, -0.2) is 8.42 Å². The van der Waals surface area contributed by atoms with E-state index in [-0.39, 0.29) is 5.75 Å². The fourth-order valence-electron chi connectivity index (χ4n) is 2.45. The molecule has 1 rings (SSSR count). The zero-order valence-electron chi connectivity index (χ0n) is 11.8. The minimum atomic E-state index is -2.83. The molecule has 18 heavy (non-hydrogen) atoms. The van der Waals surface area contributed by atoms with Crippen LogP contribution in [0.5, 0.6) is 0 Å². The van der Waals surface area contributed by atoms with Gasteiger partial charge in [-0.05, 0) is 44.8 Å². The molecule has 0 unspecified atom stereocenters. The van der Waals surface area contributed by atoms with Crippen molar-refractivity contribution in [1.82, 2.24) is 10.2 Å². The van der Waals surface area contributed by atoms with Crippen LogP contribution in [0.4, 0.5) is 0 Å². The Morgan fingerprint density at radius 1 is 1.17 bits per heavy atom. The van der Waals surface area contributed by atoms with Crippen molar-refractivity contribution in [2.45, 2.75) is 33.1 Å². The first-order valence-electron chi connectivity index (χ1n) is 7.21. The van der Waals surface area contributed by atoms with Crippen LogP contribution < -0.4 is 5.32 Å². The van der Waals surface area contributed by atoms with E-state index in [9.17, 15) is 8.42 Å². The third-order valence-corrected chi connectivity index (χ3v) is 5.36. The van der Waals surface area contributed by atoms with Gasteiger partial charge in [0.1, 0.15) is 0 Å². The van der Waals surface area contributed by atoms with Crippen molar-refractivity contribution in [3.05, 3.63) is 0 Å². The summed E-state index contributed by atoms with van der Waals surface area (Å²) in [5.41, 5.74) is 0. The number of hydrogen-bond donors (Lipinski definition) is 1. The molecule has 0 aromatic carbocycles. The Kier molecular flexibility index (Phi) is 7.19. The topological polar surface area (TPSA) is 49.4 Å². The summed E-state index contributed by atoms with van der Waals surface area (Å²) < 4.78 is 23.1. The predicted octanol–water partition coefficient (Wildman–Crippen LogP) is 1.13. The van der Waals surface area contributed by atoms with Gasteiger partial charge in [-0.3, -0.25) is 0 Å². The van der Waals surface area contributed by atoms with E-state index in [0.717, 1.165) is 38.5 Å². The van der Waals surface area contributed by atoms with Crippen LogP contribution in [0.3, 0.4) is 0 Å². The number of nitrogens with one attached hydrogen (secondary N) is 1. The van der Waals surface area contributed by atoms with Crippen molar-refractivity contribution in [3.8, 4) is 0 Å². The maximum atomic E-state index is 11.6. The zero-order valence-corrected chi connectivity index (χ0v) is 12.6. The Bertz CT molecular complexity index is 311. The summed E-state index contributed by atoms with van der Waals surface area (Å²) in [6, 6.07) is 0. The molecular weight excluding hydrogens is 248 g/mol. The number of hydrogen-bond acceptors (Lipinski definition) is 4. The third kappa shape index (κ3) is 6.16. The second-order valence-electron chi connectivity index (χ2n) is 5.23. The highest BCUT2D eigenvalue weighted by atomic mass is 32.2. The maximum Gasteiger partial charge on any atom is 0.151 e. The maximum absolute atomic E-state index is 11.6. The molecule has 1 heterocycles. The molecule has 0 atom stereocenters. The Labute approximate surface area is 112 Å². The van der Waals surface area contributed by atoms with E-state index < -0.39 is 9.84 Å². The van der Waals surface area contributed by atoms with Gasteiger partial charge < -0.3 is 10.2 Å². The fourth-order valence-corrected chi connectivity index (χ4v) is 3.28. The molecule has 0 aromatic heterocycles. The molecule has 0 aromatic rings. The van der Waals surface area contributed by atoms with E-state index in [0.29, 0.717) is 12.3 Å². The van der Waals surface area contributed by atoms with Gasteiger partial charge in [-0.15, -0.1) is 0 Å². The number of rotatable bonds is 8. The molecule has 108 valence electrons. The van der Waals surface area contributed by atoms with Crippen LogP contribution in [0.2, 0.25) is 0 Å². The van der Waals surface area contributed by atoms with Crippen molar-refractivity contribution < 1.29 is 8.42 Å². The Balaban J connectivity index is 2.38. The Morgan fingerprint density at radius 2 is 1.83 bits per heavy atom. The van der Waals surface area contributed by atoms with Gasteiger partial charge in [-0.1, -0.05) is 13.8 Å². The summed E-state index contributed by atoms with van der Waals surface area (Å²) in [7, 11) is -2.83. The van der Waals surface area contributed by atoms with Crippen LogP contribution in [-0.4, -0.2) is 57.5 Å². The lowest BCUT2D eigenvalue weighted by Gasteiger charge is -2.29. The molecule has 0 amide bonds. The van der Waals surface area contributed by atoms with Gasteiger partial charge in [0.25, 0.3) is 0 Å². The van der Waals surface area contributed by atoms with Gasteiger partial charge in [0.15, 0.2) is 9.84 Å². The first kappa shape index (κ1) is 15.9. The predicted molar refractivity (Wildman–Crippen MR) is 76.7 cm³/mol. The smallest absolute Gasteiger partial charge is 0.151 e. The Morgan fingerprint density at radius 3 is 2.39 bits per heavy atom. The summed E-state index contributed by atoms with van der Waals surface area (Å²) >= 11 is 0. The molecule has 0 saturated carbocycles. The van der Waals surface area contributed by atoms with Gasteiger partial charge in [0.05, 0.1) is 5.75 Å². The highest BCUT2D eigenvalue weighted by molar-refractivity contribution is 7.91. The lowest BCUT2D eigenvalue weighted by Crippen LogP contribution is -2.38. The molecule has 0 aliphatic carbocycles. The second-order valence-corrected chi connectivity index (χ2v) is 7.70. The summed E-state index contributed by atoms with van der Waals surface area (Å²) in [5, 5.41) is 3.37. The van der Waals surface area contributed by atoms with E-state index in [4.69, 9.17) is 0 Å². The molecule has 0 bridgehead atoms. The molecule has 0 spiro atoms. The van der Waals surface area contributed by atoms with Crippen LogP contribution in [0, 0.1) is 5.92 Å². The standard InChI is InChI=1S/C13H28N2O2S/c1-3-9-15(10-11-18(16,17)4-2)12-13-5-7-14-8-6-13/h13-14H,3-12H2,1-2H3. The van der Waals surface area contributed by atoms with E-state index in [1.165, 1.54) is 12.8 Å². The zero-order chi connectivity index (χ0) is 13.4. The molecule has 4 nitrogen and oxygen atoms in total. The van der Waals surface area contributed by atoms with Crippen molar-refractivity contribution in [2.75, 3.05) is 44.2 Å². The van der Waals surface area contributed by atoms with Gasteiger partial charge in [0, 0.05) is 18.8 Å².